The van der Waals surface area contributed by atoms with Gasteiger partial charge in [-0.1, -0.05) is 44.4 Å². The molecule has 4 rings (SSSR count). The Morgan fingerprint density at radius 2 is 1.97 bits per heavy atom. The van der Waals surface area contributed by atoms with Crippen molar-refractivity contribution in [3.05, 3.63) is 41.2 Å². The average molecular weight is 453 g/mol. The lowest BCUT2D eigenvalue weighted by atomic mass is 9.95. The summed E-state index contributed by atoms with van der Waals surface area (Å²) in [5, 5.41) is 4.79. The molecule has 2 amide bonds. The van der Waals surface area contributed by atoms with Crippen LogP contribution in [0.15, 0.2) is 30.1 Å². The number of hydrogen-bond donors (Lipinski definition) is 1. The van der Waals surface area contributed by atoms with E-state index >= 15 is 0 Å². The summed E-state index contributed by atoms with van der Waals surface area (Å²) < 4.78 is 2.04. The zero-order valence-electron chi connectivity index (χ0n) is 19.2. The number of hydrogen-bond acceptors (Lipinski definition) is 3. The van der Waals surface area contributed by atoms with E-state index in [4.69, 9.17) is 12.2 Å². The highest BCUT2D eigenvalue weighted by Gasteiger charge is 2.34. The zero-order valence-corrected chi connectivity index (χ0v) is 20.0. The molecule has 2 aliphatic rings. The van der Waals surface area contributed by atoms with Crippen LogP contribution in [0.2, 0.25) is 0 Å². The molecule has 7 heteroatoms. The fourth-order valence-electron chi connectivity index (χ4n) is 4.90. The van der Waals surface area contributed by atoms with Crippen LogP contribution < -0.4 is 5.32 Å². The third kappa shape index (κ3) is 4.18. The molecule has 1 aliphatic heterocycles. The molecular weight excluding hydrogens is 420 g/mol. The topological polar surface area (TPSA) is 57.6 Å². The van der Waals surface area contributed by atoms with Gasteiger partial charge in [0.05, 0.1) is 5.52 Å². The maximum atomic E-state index is 12.9. The van der Waals surface area contributed by atoms with Crippen LogP contribution in [0.4, 0.5) is 0 Å². The van der Waals surface area contributed by atoms with Crippen LogP contribution in [-0.4, -0.2) is 50.9 Å². The molecule has 2 aromatic rings. The van der Waals surface area contributed by atoms with Crippen molar-refractivity contribution in [2.45, 2.75) is 65.0 Å². The number of thiocarbonyl (C=S) groups is 1. The molecule has 6 nitrogen and oxygen atoms in total. The van der Waals surface area contributed by atoms with Gasteiger partial charge in [-0.15, -0.1) is 0 Å². The van der Waals surface area contributed by atoms with Crippen LogP contribution in [0.25, 0.3) is 17.0 Å². The molecule has 1 saturated heterocycles. The normalized spacial score (nSPS) is 18.9. The van der Waals surface area contributed by atoms with Crippen molar-refractivity contribution in [3.8, 4) is 0 Å². The minimum atomic E-state index is -0.0809. The Labute approximate surface area is 195 Å². The number of nitrogens with zero attached hydrogens (tertiary/aromatic N) is 3. The van der Waals surface area contributed by atoms with E-state index < -0.39 is 0 Å². The number of aromatic nitrogens is 1. The first-order valence-corrected chi connectivity index (χ1v) is 12.1. The van der Waals surface area contributed by atoms with Crippen molar-refractivity contribution in [1.82, 2.24) is 19.7 Å². The van der Waals surface area contributed by atoms with Crippen LogP contribution in [0, 0.1) is 0 Å². The molecule has 1 aromatic heterocycles. The van der Waals surface area contributed by atoms with Gasteiger partial charge in [-0.25, -0.2) is 0 Å². The number of aryl methyl sites for hydroxylation is 1. The molecular formula is C25H32N4O2S. The standard InChI is InChI=1S/C25H32N4O2S/c1-4-17-10-9-13-20-18(14-21-24(31)29(5-2)25(32)27(21)3)15-28(23(17)20)16-22(30)26-19-11-7-6-8-12-19/h9-10,13-15,19H,4-8,11-12,16H2,1-3H3,(H,26,30)/b21-14-. The van der Waals surface area contributed by atoms with E-state index in [-0.39, 0.29) is 24.4 Å². The van der Waals surface area contributed by atoms with Gasteiger partial charge in [-0.3, -0.25) is 14.5 Å². The van der Waals surface area contributed by atoms with E-state index in [0.717, 1.165) is 35.7 Å². The van der Waals surface area contributed by atoms with Crippen molar-refractivity contribution in [2.24, 2.45) is 0 Å². The van der Waals surface area contributed by atoms with Crippen LogP contribution in [-0.2, 0) is 22.6 Å². The number of nitrogens with one attached hydrogen (secondary N) is 1. The van der Waals surface area contributed by atoms with E-state index in [1.54, 1.807) is 9.80 Å². The van der Waals surface area contributed by atoms with Gasteiger partial charge in [-0.2, -0.15) is 0 Å². The number of carbonyl (C=O) groups is 2. The monoisotopic (exact) mass is 452 g/mol. The van der Waals surface area contributed by atoms with E-state index in [1.807, 2.05) is 36.9 Å². The highest BCUT2D eigenvalue weighted by atomic mass is 32.1. The molecule has 0 atom stereocenters. The first-order valence-electron chi connectivity index (χ1n) is 11.7. The maximum Gasteiger partial charge on any atom is 0.276 e. The molecule has 0 spiro atoms. The lowest BCUT2D eigenvalue weighted by Gasteiger charge is -2.23. The summed E-state index contributed by atoms with van der Waals surface area (Å²) in [5.74, 6) is -0.0334. The molecule has 2 heterocycles. The minimum Gasteiger partial charge on any atom is -0.352 e. The van der Waals surface area contributed by atoms with Gasteiger partial charge in [0.25, 0.3) is 5.91 Å². The largest absolute Gasteiger partial charge is 0.352 e. The van der Waals surface area contributed by atoms with E-state index in [9.17, 15) is 9.59 Å². The van der Waals surface area contributed by atoms with E-state index in [1.165, 1.54) is 24.8 Å². The number of rotatable bonds is 6. The van der Waals surface area contributed by atoms with Gasteiger partial charge in [-0.05, 0) is 50.0 Å². The summed E-state index contributed by atoms with van der Waals surface area (Å²) in [7, 11) is 1.83. The summed E-state index contributed by atoms with van der Waals surface area (Å²) in [5.41, 5.74) is 3.74. The number of amides is 2. The van der Waals surface area contributed by atoms with Gasteiger partial charge in [0.1, 0.15) is 12.2 Å². The quantitative estimate of drug-likeness (QED) is 0.530. The van der Waals surface area contributed by atoms with Crippen LogP contribution >= 0.6 is 12.2 Å². The third-order valence-corrected chi connectivity index (χ3v) is 7.12. The first kappa shape index (κ1) is 22.5. The smallest absolute Gasteiger partial charge is 0.276 e. The second kappa shape index (κ2) is 9.45. The Kier molecular flexibility index (Phi) is 6.65. The van der Waals surface area contributed by atoms with Crippen LogP contribution in [0.3, 0.4) is 0 Å². The minimum absolute atomic E-state index is 0.0475. The molecule has 0 unspecified atom stereocenters. The van der Waals surface area contributed by atoms with Crippen molar-refractivity contribution < 1.29 is 9.59 Å². The summed E-state index contributed by atoms with van der Waals surface area (Å²) >= 11 is 5.44. The Bertz CT molecular complexity index is 1080. The van der Waals surface area contributed by atoms with Gasteiger partial charge in [0.15, 0.2) is 5.11 Å². The summed E-state index contributed by atoms with van der Waals surface area (Å²) in [6.45, 7) is 4.86. The Balaban J connectivity index is 1.69. The highest BCUT2D eigenvalue weighted by Crippen LogP contribution is 2.30. The second-order valence-electron chi connectivity index (χ2n) is 8.70. The first-order chi connectivity index (χ1) is 15.4. The van der Waals surface area contributed by atoms with Crippen molar-refractivity contribution in [3.63, 3.8) is 0 Å². The number of fused-ring (bicyclic) bond motifs is 1. The molecule has 1 aliphatic carbocycles. The molecule has 32 heavy (non-hydrogen) atoms. The summed E-state index contributed by atoms with van der Waals surface area (Å²) in [4.78, 5) is 29.1. The van der Waals surface area contributed by atoms with Gasteiger partial charge < -0.3 is 14.8 Å². The molecule has 0 bridgehead atoms. The van der Waals surface area contributed by atoms with Crippen LogP contribution in [0.1, 0.15) is 57.1 Å². The number of carbonyl (C=O) groups excluding carboxylic acids is 2. The van der Waals surface area contributed by atoms with Crippen LogP contribution in [0.5, 0.6) is 0 Å². The van der Waals surface area contributed by atoms with Crippen molar-refractivity contribution in [2.75, 3.05) is 13.6 Å². The van der Waals surface area contributed by atoms with Gasteiger partial charge in [0.2, 0.25) is 5.91 Å². The fourth-order valence-corrected chi connectivity index (χ4v) is 5.21. The van der Waals surface area contributed by atoms with E-state index in [0.29, 0.717) is 17.4 Å². The molecule has 170 valence electrons. The SMILES string of the molecule is CCc1cccc2c(/C=C3/C(=O)N(CC)C(=S)N3C)cn(CC(=O)NC3CCCCC3)c12. The lowest BCUT2D eigenvalue weighted by molar-refractivity contribution is -0.123. The summed E-state index contributed by atoms with van der Waals surface area (Å²) in [6.07, 6.45) is 10.5. The molecule has 1 N–H and O–H groups in total. The average Bonchev–Trinajstić information content (AvgIpc) is 3.24. The lowest BCUT2D eigenvalue weighted by Crippen LogP contribution is -2.38. The fraction of sp³-hybridized carbons (Fsp3) is 0.480. The molecule has 2 fully saturated rings. The maximum absolute atomic E-state index is 12.9. The molecule has 0 radical (unpaired) electrons. The van der Waals surface area contributed by atoms with Gasteiger partial charge >= 0.3 is 0 Å². The molecule has 1 aromatic carbocycles. The second-order valence-corrected chi connectivity index (χ2v) is 9.07. The Hall–Kier alpha value is -2.67. The van der Waals surface area contributed by atoms with Crippen molar-refractivity contribution >= 4 is 46.1 Å². The third-order valence-electron chi connectivity index (χ3n) is 6.63. The van der Waals surface area contributed by atoms with E-state index in [2.05, 4.69) is 24.4 Å². The summed E-state index contributed by atoms with van der Waals surface area (Å²) in [6, 6.07) is 6.50. The number of benzene rings is 1. The Morgan fingerprint density at radius 1 is 1.22 bits per heavy atom. The molecule has 1 saturated carbocycles. The Morgan fingerprint density at radius 3 is 2.62 bits per heavy atom. The zero-order chi connectivity index (χ0) is 22.8. The predicted molar refractivity (Wildman–Crippen MR) is 132 cm³/mol. The predicted octanol–water partition coefficient (Wildman–Crippen LogP) is 4.07. The number of likely N-dealkylation sites (N-methyl/N-ethyl adjacent to an activating group) is 2. The number of para-hydroxylation sites is 1. The van der Waals surface area contributed by atoms with Gasteiger partial charge in [0, 0.05) is 36.8 Å². The van der Waals surface area contributed by atoms with Crippen molar-refractivity contribution in [1.29, 1.82) is 0 Å². The highest BCUT2D eigenvalue weighted by molar-refractivity contribution is 7.80.